The van der Waals surface area contributed by atoms with Gasteiger partial charge in [-0.05, 0) is 44.6 Å². The number of carboxylic acids is 1. The maximum absolute atomic E-state index is 12.0. The summed E-state index contributed by atoms with van der Waals surface area (Å²) in [4.78, 5) is 25.3. The van der Waals surface area contributed by atoms with Crippen LogP contribution in [0.3, 0.4) is 0 Å². The van der Waals surface area contributed by atoms with E-state index in [1.54, 1.807) is 0 Å². The standard InChI is InChI=1S/C14H22N2O4/c17-13(11-3-4-12(20-11)14(18)19)15-7-9-5-6-16(8-9)10-1-2-10/h9-12H,1-8H2,(H,15,17)(H,18,19). The van der Waals surface area contributed by atoms with Gasteiger partial charge >= 0.3 is 5.97 Å². The van der Waals surface area contributed by atoms with Crippen molar-refractivity contribution in [2.24, 2.45) is 5.92 Å². The molecule has 0 bridgehead atoms. The summed E-state index contributed by atoms with van der Waals surface area (Å²) < 4.78 is 5.25. The molecule has 3 rings (SSSR count). The van der Waals surface area contributed by atoms with Crippen molar-refractivity contribution < 1.29 is 19.4 Å². The van der Waals surface area contributed by atoms with E-state index in [2.05, 4.69) is 10.2 Å². The van der Waals surface area contributed by atoms with Gasteiger partial charge in [-0.1, -0.05) is 0 Å². The van der Waals surface area contributed by atoms with Gasteiger partial charge in [-0.2, -0.15) is 0 Å². The molecule has 3 unspecified atom stereocenters. The van der Waals surface area contributed by atoms with Crippen molar-refractivity contribution in [3.63, 3.8) is 0 Å². The summed E-state index contributed by atoms with van der Waals surface area (Å²) in [6.07, 6.45) is 3.31. The molecule has 0 aromatic rings. The number of likely N-dealkylation sites (tertiary alicyclic amines) is 1. The lowest BCUT2D eigenvalue weighted by Gasteiger charge is -2.16. The van der Waals surface area contributed by atoms with Gasteiger partial charge in [0.1, 0.15) is 6.10 Å². The molecular weight excluding hydrogens is 260 g/mol. The molecule has 1 amide bonds. The Balaban J connectivity index is 1.38. The van der Waals surface area contributed by atoms with Crippen LogP contribution in [0.15, 0.2) is 0 Å². The first-order valence-corrected chi connectivity index (χ1v) is 7.53. The van der Waals surface area contributed by atoms with Crippen LogP contribution in [0, 0.1) is 5.92 Å². The van der Waals surface area contributed by atoms with Crippen molar-refractivity contribution in [3.8, 4) is 0 Å². The SMILES string of the molecule is O=C(O)C1CCC(C(=O)NCC2CCN(C3CC3)C2)O1. The van der Waals surface area contributed by atoms with Gasteiger partial charge in [0, 0.05) is 19.1 Å². The predicted molar refractivity (Wildman–Crippen MR) is 71.2 cm³/mol. The van der Waals surface area contributed by atoms with Gasteiger partial charge in [0.15, 0.2) is 6.10 Å². The lowest BCUT2D eigenvalue weighted by atomic mass is 10.1. The van der Waals surface area contributed by atoms with Crippen LogP contribution in [0.2, 0.25) is 0 Å². The molecule has 0 aromatic carbocycles. The maximum atomic E-state index is 12.0. The van der Waals surface area contributed by atoms with Gasteiger partial charge in [0.25, 0.3) is 0 Å². The Morgan fingerprint density at radius 1 is 1.15 bits per heavy atom. The van der Waals surface area contributed by atoms with Gasteiger partial charge in [-0.25, -0.2) is 4.79 Å². The summed E-state index contributed by atoms with van der Waals surface area (Å²) in [6, 6.07) is 0.796. The van der Waals surface area contributed by atoms with Crippen molar-refractivity contribution in [2.75, 3.05) is 19.6 Å². The molecule has 0 radical (unpaired) electrons. The second-order valence-electron chi connectivity index (χ2n) is 6.15. The number of amides is 1. The number of rotatable bonds is 5. The Hall–Kier alpha value is -1.14. The molecule has 2 aliphatic heterocycles. The second-order valence-corrected chi connectivity index (χ2v) is 6.15. The summed E-state index contributed by atoms with van der Waals surface area (Å²) in [5, 5.41) is 11.8. The number of nitrogens with one attached hydrogen (secondary N) is 1. The number of ether oxygens (including phenoxy) is 1. The topological polar surface area (TPSA) is 78.9 Å². The average Bonchev–Trinajstić information content (AvgIpc) is 2.98. The van der Waals surface area contributed by atoms with Crippen LogP contribution in [0.1, 0.15) is 32.1 Å². The minimum absolute atomic E-state index is 0.154. The van der Waals surface area contributed by atoms with Crippen molar-refractivity contribution in [1.82, 2.24) is 10.2 Å². The molecular formula is C14H22N2O4. The second kappa shape index (κ2) is 5.69. The molecule has 2 N–H and O–H groups in total. The number of carbonyl (C=O) groups is 2. The molecule has 1 saturated carbocycles. The van der Waals surface area contributed by atoms with Crippen LogP contribution in [-0.4, -0.2) is 59.8 Å². The van der Waals surface area contributed by atoms with E-state index in [1.807, 2.05) is 0 Å². The monoisotopic (exact) mass is 282 g/mol. The Kier molecular flexibility index (Phi) is 3.94. The number of aliphatic carboxylic acids is 1. The van der Waals surface area contributed by atoms with Crippen LogP contribution in [0.25, 0.3) is 0 Å². The smallest absolute Gasteiger partial charge is 0.332 e. The van der Waals surface area contributed by atoms with E-state index in [4.69, 9.17) is 9.84 Å². The fraction of sp³-hybridized carbons (Fsp3) is 0.857. The molecule has 0 aromatic heterocycles. The first-order chi connectivity index (χ1) is 9.63. The highest BCUT2D eigenvalue weighted by atomic mass is 16.5. The van der Waals surface area contributed by atoms with Crippen molar-refractivity contribution in [3.05, 3.63) is 0 Å². The molecule has 20 heavy (non-hydrogen) atoms. The van der Waals surface area contributed by atoms with E-state index in [0.29, 0.717) is 25.3 Å². The lowest BCUT2D eigenvalue weighted by Crippen LogP contribution is -2.38. The summed E-state index contributed by atoms with van der Waals surface area (Å²) in [6.45, 7) is 2.90. The number of carbonyl (C=O) groups excluding carboxylic acids is 1. The Labute approximate surface area is 118 Å². The lowest BCUT2D eigenvalue weighted by molar-refractivity contribution is -0.151. The highest BCUT2D eigenvalue weighted by molar-refractivity contribution is 5.82. The van der Waals surface area contributed by atoms with Crippen LogP contribution in [0.5, 0.6) is 0 Å². The quantitative estimate of drug-likeness (QED) is 0.754. The number of hydrogen-bond acceptors (Lipinski definition) is 4. The van der Waals surface area contributed by atoms with Crippen molar-refractivity contribution in [2.45, 2.75) is 50.4 Å². The van der Waals surface area contributed by atoms with Crippen LogP contribution in [0.4, 0.5) is 0 Å². The van der Waals surface area contributed by atoms with Crippen molar-refractivity contribution in [1.29, 1.82) is 0 Å². The molecule has 1 aliphatic carbocycles. The molecule has 3 aliphatic rings. The molecule has 112 valence electrons. The third kappa shape index (κ3) is 3.12. The number of hydrogen-bond donors (Lipinski definition) is 2. The Bertz CT molecular complexity index is 397. The number of nitrogens with zero attached hydrogens (tertiary/aromatic N) is 1. The number of carboxylic acid groups (broad SMARTS) is 1. The molecule has 3 atom stereocenters. The first-order valence-electron chi connectivity index (χ1n) is 7.53. The molecule has 0 spiro atoms. The van der Waals surface area contributed by atoms with Gasteiger partial charge < -0.3 is 20.1 Å². The third-order valence-corrected chi connectivity index (χ3v) is 4.53. The van der Waals surface area contributed by atoms with Crippen LogP contribution >= 0.6 is 0 Å². The van der Waals surface area contributed by atoms with Gasteiger partial charge in [-0.15, -0.1) is 0 Å². The van der Waals surface area contributed by atoms with Crippen LogP contribution < -0.4 is 5.32 Å². The third-order valence-electron chi connectivity index (χ3n) is 4.53. The van der Waals surface area contributed by atoms with E-state index in [0.717, 1.165) is 25.6 Å². The van der Waals surface area contributed by atoms with Crippen molar-refractivity contribution >= 4 is 11.9 Å². The summed E-state index contributed by atoms with van der Waals surface area (Å²) in [7, 11) is 0. The minimum Gasteiger partial charge on any atom is -0.479 e. The predicted octanol–water partition coefficient (Wildman–Crippen LogP) is 0.219. The molecule has 6 heteroatoms. The molecule has 3 fully saturated rings. The zero-order valence-corrected chi connectivity index (χ0v) is 11.6. The zero-order chi connectivity index (χ0) is 14.1. The fourth-order valence-corrected chi connectivity index (χ4v) is 3.17. The van der Waals surface area contributed by atoms with Crippen LogP contribution in [-0.2, 0) is 14.3 Å². The van der Waals surface area contributed by atoms with E-state index in [-0.39, 0.29) is 5.91 Å². The largest absolute Gasteiger partial charge is 0.479 e. The Morgan fingerprint density at radius 3 is 2.55 bits per heavy atom. The molecule has 2 saturated heterocycles. The van der Waals surface area contributed by atoms with E-state index < -0.39 is 18.2 Å². The average molecular weight is 282 g/mol. The fourth-order valence-electron chi connectivity index (χ4n) is 3.17. The zero-order valence-electron chi connectivity index (χ0n) is 11.6. The van der Waals surface area contributed by atoms with Gasteiger partial charge in [0.2, 0.25) is 5.91 Å². The molecule has 6 nitrogen and oxygen atoms in total. The van der Waals surface area contributed by atoms with E-state index in [9.17, 15) is 9.59 Å². The van der Waals surface area contributed by atoms with Gasteiger partial charge in [-0.3, -0.25) is 4.79 Å². The summed E-state index contributed by atoms with van der Waals surface area (Å²) in [5.41, 5.74) is 0. The summed E-state index contributed by atoms with van der Waals surface area (Å²) in [5.74, 6) is -0.606. The highest BCUT2D eigenvalue weighted by Gasteiger charge is 2.36. The Morgan fingerprint density at radius 2 is 1.90 bits per heavy atom. The highest BCUT2D eigenvalue weighted by Crippen LogP contribution is 2.31. The summed E-state index contributed by atoms with van der Waals surface area (Å²) >= 11 is 0. The normalized spacial score (nSPS) is 34.3. The maximum Gasteiger partial charge on any atom is 0.332 e. The molecule has 2 heterocycles. The minimum atomic E-state index is -0.976. The van der Waals surface area contributed by atoms with Gasteiger partial charge in [0.05, 0.1) is 0 Å². The first kappa shape index (κ1) is 13.8. The van der Waals surface area contributed by atoms with E-state index in [1.165, 1.54) is 12.8 Å². The van der Waals surface area contributed by atoms with E-state index >= 15 is 0 Å².